The minimum absolute atomic E-state index is 0.178. The molecule has 37 heavy (non-hydrogen) atoms. The highest BCUT2D eigenvalue weighted by Crippen LogP contribution is 2.26. The molecular weight excluding hydrogens is 512 g/mol. The second-order valence-corrected chi connectivity index (χ2v) is 14.1. The van der Waals surface area contributed by atoms with Gasteiger partial charge in [-0.15, -0.1) is 0 Å². The molecule has 9 nitrogen and oxygen atoms in total. The molecule has 202 valence electrons. The van der Waals surface area contributed by atoms with Crippen molar-refractivity contribution in [3.05, 3.63) is 65.7 Å². The Morgan fingerprint density at radius 2 is 1.49 bits per heavy atom. The number of anilines is 1. The van der Waals surface area contributed by atoms with E-state index in [0.29, 0.717) is 44.5 Å². The number of piperidine rings is 2. The van der Waals surface area contributed by atoms with Crippen LogP contribution in [0.3, 0.4) is 0 Å². The molecule has 0 spiro atoms. The van der Waals surface area contributed by atoms with Crippen LogP contribution in [0.1, 0.15) is 41.6 Å². The zero-order valence-electron chi connectivity index (χ0n) is 21.4. The normalized spacial score (nSPS) is 19.0. The van der Waals surface area contributed by atoms with Gasteiger partial charge in [0.05, 0.1) is 22.8 Å². The molecule has 0 aromatic heterocycles. The largest absolute Gasteiger partial charge is 0.349 e. The van der Waals surface area contributed by atoms with Crippen molar-refractivity contribution in [2.45, 2.75) is 43.5 Å². The lowest BCUT2D eigenvalue weighted by molar-refractivity contribution is 0.0924. The molecule has 0 aliphatic carbocycles. The van der Waals surface area contributed by atoms with Crippen LogP contribution >= 0.6 is 0 Å². The number of carbonyl (C=O) groups excluding carboxylic acids is 1. The third-order valence-electron chi connectivity index (χ3n) is 7.34. The van der Waals surface area contributed by atoms with Crippen molar-refractivity contribution in [2.24, 2.45) is 0 Å². The molecule has 0 saturated carbocycles. The van der Waals surface area contributed by atoms with Gasteiger partial charge in [-0.25, -0.2) is 21.1 Å². The van der Waals surface area contributed by atoms with Crippen LogP contribution in [0.2, 0.25) is 0 Å². The van der Waals surface area contributed by atoms with E-state index >= 15 is 0 Å². The van der Waals surface area contributed by atoms with Crippen molar-refractivity contribution in [3.63, 3.8) is 0 Å². The number of sulfonamides is 2. The van der Waals surface area contributed by atoms with Crippen LogP contribution in [0.15, 0.2) is 54.6 Å². The molecule has 1 N–H and O–H groups in total. The van der Waals surface area contributed by atoms with E-state index in [4.69, 9.17) is 0 Å². The first-order valence-electron chi connectivity index (χ1n) is 12.6. The number of hydrogen-bond acceptors (Lipinski definition) is 6. The minimum Gasteiger partial charge on any atom is -0.349 e. The summed E-state index contributed by atoms with van der Waals surface area (Å²) in [5.74, 6) is -0.363. The summed E-state index contributed by atoms with van der Waals surface area (Å²) in [7, 11) is -5.51. The second-order valence-electron chi connectivity index (χ2n) is 9.90. The highest BCUT2D eigenvalue weighted by Gasteiger charge is 2.37. The number of amides is 1. The van der Waals surface area contributed by atoms with Crippen LogP contribution in [-0.4, -0.2) is 82.7 Å². The first-order chi connectivity index (χ1) is 17.6. The molecule has 2 aromatic carbocycles. The van der Waals surface area contributed by atoms with Crippen molar-refractivity contribution in [2.75, 3.05) is 43.8 Å². The average molecular weight is 549 g/mol. The third-order valence-corrected chi connectivity index (χ3v) is 10.9. The van der Waals surface area contributed by atoms with Gasteiger partial charge in [0.25, 0.3) is 5.91 Å². The van der Waals surface area contributed by atoms with E-state index in [1.165, 1.54) is 12.6 Å². The van der Waals surface area contributed by atoms with Crippen LogP contribution in [-0.2, 0) is 26.6 Å². The Labute approximate surface area is 220 Å². The molecule has 2 saturated heterocycles. The maximum Gasteiger partial charge on any atom is 0.253 e. The fourth-order valence-corrected chi connectivity index (χ4v) is 7.52. The molecule has 2 aliphatic heterocycles. The Kier molecular flexibility index (Phi) is 8.57. The van der Waals surface area contributed by atoms with Crippen molar-refractivity contribution >= 4 is 31.6 Å². The van der Waals surface area contributed by atoms with Crippen LogP contribution < -0.4 is 9.62 Å². The zero-order chi connectivity index (χ0) is 26.6. The number of hydrogen-bond donors (Lipinski definition) is 1. The molecule has 2 aliphatic rings. The van der Waals surface area contributed by atoms with Crippen LogP contribution in [0.4, 0.5) is 5.69 Å². The van der Waals surface area contributed by atoms with E-state index in [-0.39, 0.29) is 22.8 Å². The minimum atomic E-state index is -3.52. The predicted molar refractivity (Wildman–Crippen MR) is 145 cm³/mol. The maximum atomic E-state index is 13.3. The van der Waals surface area contributed by atoms with Gasteiger partial charge in [0, 0.05) is 32.7 Å². The Morgan fingerprint density at radius 3 is 2.11 bits per heavy atom. The summed E-state index contributed by atoms with van der Waals surface area (Å²) in [6.45, 7) is 3.08. The van der Waals surface area contributed by atoms with Gasteiger partial charge in [0.15, 0.2) is 0 Å². The molecule has 2 fully saturated rings. The highest BCUT2D eigenvalue weighted by atomic mass is 32.2. The molecule has 0 unspecified atom stereocenters. The van der Waals surface area contributed by atoms with E-state index in [1.807, 2.05) is 18.2 Å². The molecule has 11 heteroatoms. The second kappa shape index (κ2) is 11.5. The van der Waals surface area contributed by atoms with Gasteiger partial charge in [-0.2, -0.15) is 0 Å². The average Bonchev–Trinajstić information content (AvgIpc) is 2.89. The van der Waals surface area contributed by atoms with Crippen molar-refractivity contribution in [1.82, 2.24) is 14.5 Å². The number of likely N-dealkylation sites (tertiary alicyclic amines) is 1. The smallest absolute Gasteiger partial charge is 0.253 e. The standard InChI is InChI=1S/C26H36N4O5S2/c1-28(36(2,32)33)25-11-7-6-10-24(25)26(31)27-22-12-18-30(19-13-22)37(34,35)23-14-16-29(17-15-23)20-21-8-4-3-5-9-21/h3-11,22-23H,12-20H2,1-2H3,(H,27,31). The molecule has 2 aromatic rings. The van der Waals surface area contributed by atoms with Crippen molar-refractivity contribution in [3.8, 4) is 0 Å². The van der Waals surface area contributed by atoms with Gasteiger partial charge >= 0.3 is 0 Å². The summed E-state index contributed by atoms with van der Waals surface area (Å²) in [6.07, 6.45) is 3.36. The lowest BCUT2D eigenvalue weighted by Gasteiger charge is -2.37. The van der Waals surface area contributed by atoms with Gasteiger partial charge < -0.3 is 5.32 Å². The topological polar surface area (TPSA) is 107 Å². The molecule has 2 heterocycles. The first kappa shape index (κ1) is 27.6. The molecule has 1 amide bonds. The predicted octanol–water partition coefficient (Wildman–Crippen LogP) is 2.27. The monoisotopic (exact) mass is 548 g/mol. The molecule has 4 rings (SSSR count). The fourth-order valence-electron chi connectivity index (χ4n) is 5.05. The van der Waals surface area contributed by atoms with Gasteiger partial charge in [-0.05, 0) is 56.5 Å². The maximum absolute atomic E-state index is 13.3. The van der Waals surface area contributed by atoms with Crippen LogP contribution in [0.25, 0.3) is 0 Å². The lowest BCUT2D eigenvalue weighted by Crippen LogP contribution is -2.50. The summed E-state index contributed by atoms with van der Waals surface area (Å²) in [4.78, 5) is 15.3. The number of nitrogens with zero attached hydrogens (tertiary/aromatic N) is 3. The number of nitrogens with one attached hydrogen (secondary N) is 1. The Morgan fingerprint density at radius 1 is 0.892 bits per heavy atom. The van der Waals surface area contributed by atoms with Gasteiger partial charge in [-0.1, -0.05) is 42.5 Å². The zero-order valence-corrected chi connectivity index (χ0v) is 23.0. The number of rotatable bonds is 8. The summed E-state index contributed by atoms with van der Waals surface area (Å²) in [6, 6.07) is 16.6. The summed E-state index contributed by atoms with van der Waals surface area (Å²) in [5.41, 5.74) is 1.81. The fraction of sp³-hybridized carbons (Fsp3) is 0.500. The van der Waals surface area contributed by atoms with Crippen molar-refractivity contribution < 1.29 is 21.6 Å². The Hall–Kier alpha value is -2.47. The molecule has 0 atom stereocenters. The molecular formula is C26H36N4O5S2. The third kappa shape index (κ3) is 6.70. The van der Waals surface area contributed by atoms with Gasteiger partial charge in [-0.3, -0.25) is 14.0 Å². The van der Waals surface area contributed by atoms with E-state index in [1.54, 1.807) is 28.6 Å². The SMILES string of the molecule is CN(c1ccccc1C(=O)NC1CCN(S(=O)(=O)C2CCN(Cc3ccccc3)CC2)CC1)S(C)(=O)=O. The summed E-state index contributed by atoms with van der Waals surface area (Å²) < 4.78 is 53.3. The Bertz CT molecular complexity index is 1290. The summed E-state index contributed by atoms with van der Waals surface area (Å²) >= 11 is 0. The van der Waals surface area contributed by atoms with E-state index in [2.05, 4.69) is 22.3 Å². The Balaban J connectivity index is 1.30. The van der Waals surface area contributed by atoms with E-state index in [0.717, 1.165) is 30.2 Å². The number of carbonyl (C=O) groups is 1. The van der Waals surface area contributed by atoms with Gasteiger partial charge in [0.2, 0.25) is 20.0 Å². The van der Waals surface area contributed by atoms with Crippen LogP contribution in [0.5, 0.6) is 0 Å². The lowest BCUT2D eigenvalue weighted by atomic mass is 10.1. The quantitative estimate of drug-likeness (QED) is 0.543. The van der Waals surface area contributed by atoms with E-state index in [9.17, 15) is 21.6 Å². The molecule has 0 bridgehead atoms. The highest BCUT2D eigenvalue weighted by molar-refractivity contribution is 7.92. The van der Waals surface area contributed by atoms with E-state index < -0.39 is 20.0 Å². The van der Waals surface area contributed by atoms with Crippen molar-refractivity contribution in [1.29, 1.82) is 0 Å². The number of para-hydroxylation sites is 1. The number of benzene rings is 2. The molecule has 0 radical (unpaired) electrons. The van der Waals surface area contributed by atoms with Gasteiger partial charge in [0.1, 0.15) is 0 Å². The van der Waals surface area contributed by atoms with Crippen LogP contribution in [0, 0.1) is 0 Å². The first-order valence-corrected chi connectivity index (χ1v) is 16.0. The summed E-state index contributed by atoms with van der Waals surface area (Å²) in [5, 5.41) is 2.60.